The smallest absolute Gasteiger partial charge is 0.417 e. The second-order valence-corrected chi connectivity index (χ2v) is 4.55. The first-order valence-electron chi connectivity index (χ1n) is 6.00. The Morgan fingerprint density at radius 1 is 1.45 bits per heavy atom. The molecule has 0 aromatic heterocycles. The quantitative estimate of drug-likeness (QED) is 0.872. The molecule has 0 fully saturated rings. The van der Waals surface area contributed by atoms with Gasteiger partial charge in [-0.3, -0.25) is 4.79 Å². The van der Waals surface area contributed by atoms with Crippen molar-refractivity contribution < 1.29 is 33.0 Å². The molecule has 1 aliphatic rings. The van der Waals surface area contributed by atoms with Gasteiger partial charge in [-0.05, 0) is 6.07 Å². The Morgan fingerprint density at radius 2 is 2.09 bits per heavy atom. The summed E-state index contributed by atoms with van der Waals surface area (Å²) in [5.74, 6) is -2.85. The highest BCUT2D eigenvalue weighted by molar-refractivity contribution is 6.03. The van der Waals surface area contributed by atoms with Crippen LogP contribution in [-0.4, -0.2) is 39.6 Å². The summed E-state index contributed by atoms with van der Waals surface area (Å²) in [5, 5.41) is 27.2. The Morgan fingerprint density at radius 3 is 2.55 bits per heavy atom. The van der Waals surface area contributed by atoms with E-state index in [0.29, 0.717) is 11.0 Å². The third-order valence-corrected chi connectivity index (χ3v) is 3.34. The molecule has 0 saturated carbocycles. The topological polar surface area (TPSA) is 102 Å². The van der Waals surface area contributed by atoms with Crippen LogP contribution in [0.25, 0.3) is 0 Å². The van der Waals surface area contributed by atoms with Gasteiger partial charge < -0.3 is 15.1 Å². The maximum Gasteiger partial charge on any atom is 0.417 e. The molecular formula is C13H9F3N2O4. The summed E-state index contributed by atoms with van der Waals surface area (Å²) in [6, 6.07) is 1.19. The summed E-state index contributed by atoms with van der Waals surface area (Å²) in [7, 11) is 0. The van der Waals surface area contributed by atoms with E-state index < -0.39 is 47.9 Å². The maximum absolute atomic E-state index is 13.0. The van der Waals surface area contributed by atoms with Crippen LogP contribution in [0.2, 0.25) is 0 Å². The zero-order valence-corrected chi connectivity index (χ0v) is 10.8. The third kappa shape index (κ3) is 2.27. The lowest BCUT2D eigenvalue weighted by molar-refractivity contribution is -0.144. The lowest BCUT2D eigenvalue weighted by Gasteiger charge is -2.25. The van der Waals surface area contributed by atoms with Gasteiger partial charge in [-0.1, -0.05) is 12.1 Å². The normalized spacial score (nSPS) is 18.8. The molecule has 1 aliphatic heterocycles. The van der Waals surface area contributed by atoms with Gasteiger partial charge in [0, 0.05) is 5.56 Å². The molecule has 0 radical (unpaired) electrons. The molecule has 0 saturated heterocycles. The van der Waals surface area contributed by atoms with Crippen molar-refractivity contribution in [1.29, 1.82) is 5.26 Å². The van der Waals surface area contributed by atoms with Crippen molar-refractivity contribution in [2.45, 2.75) is 18.3 Å². The fraction of sp³-hybridized carbons (Fsp3) is 0.308. The number of nitriles is 1. The molecule has 1 amide bonds. The first-order chi connectivity index (χ1) is 10.2. The van der Waals surface area contributed by atoms with E-state index in [1.54, 1.807) is 6.07 Å². The Hall–Kier alpha value is -2.60. The van der Waals surface area contributed by atoms with E-state index in [0.717, 1.165) is 12.1 Å². The Bertz CT molecular complexity index is 681. The fourth-order valence-electron chi connectivity index (χ4n) is 2.41. The van der Waals surface area contributed by atoms with E-state index in [-0.39, 0.29) is 5.56 Å². The minimum absolute atomic E-state index is 0.220. The van der Waals surface area contributed by atoms with Crippen LogP contribution in [0.5, 0.6) is 0 Å². The van der Waals surface area contributed by atoms with Crippen molar-refractivity contribution in [3.8, 4) is 6.07 Å². The molecule has 2 atom stereocenters. The van der Waals surface area contributed by atoms with Gasteiger partial charge in [0.1, 0.15) is 6.04 Å². The Kier molecular flexibility index (Phi) is 3.81. The maximum atomic E-state index is 13.0. The molecule has 1 aromatic rings. The molecule has 116 valence electrons. The van der Waals surface area contributed by atoms with E-state index in [1.807, 2.05) is 0 Å². The number of alkyl halides is 3. The number of amides is 1. The van der Waals surface area contributed by atoms with E-state index >= 15 is 0 Å². The second-order valence-electron chi connectivity index (χ2n) is 4.55. The van der Waals surface area contributed by atoms with Crippen LogP contribution in [0, 0.1) is 11.3 Å². The van der Waals surface area contributed by atoms with Crippen LogP contribution < -0.4 is 0 Å². The average Bonchev–Trinajstić information content (AvgIpc) is 2.71. The van der Waals surface area contributed by atoms with Crippen molar-refractivity contribution in [3.05, 3.63) is 34.9 Å². The monoisotopic (exact) mass is 314 g/mol. The number of halogens is 3. The highest BCUT2D eigenvalue weighted by Crippen LogP contribution is 2.42. The predicted molar refractivity (Wildman–Crippen MR) is 64.5 cm³/mol. The van der Waals surface area contributed by atoms with Gasteiger partial charge in [-0.25, -0.2) is 4.79 Å². The number of hydrogen-bond donors (Lipinski definition) is 2. The Labute approximate surface area is 122 Å². The van der Waals surface area contributed by atoms with E-state index in [1.165, 1.54) is 0 Å². The first-order valence-corrected chi connectivity index (χ1v) is 6.00. The Balaban J connectivity index is 2.65. The number of aliphatic carboxylic acids is 1. The van der Waals surface area contributed by atoms with Gasteiger partial charge in [0.25, 0.3) is 5.91 Å². The zero-order chi connectivity index (χ0) is 16.7. The number of aliphatic hydroxyl groups is 1. The SMILES string of the molecule is N#CC1c2cccc(C(F)(F)F)c2C(=O)N1C(CO)C(=O)O. The van der Waals surface area contributed by atoms with E-state index in [2.05, 4.69) is 0 Å². The van der Waals surface area contributed by atoms with E-state index in [4.69, 9.17) is 15.5 Å². The van der Waals surface area contributed by atoms with Gasteiger partial charge in [0.15, 0.2) is 6.04 Å². The van der Waals surface area contributed by atoms with Crippen LogP contribution in [0.15, 0.2) is 18.2 Å². The molecule has 2 rings (SSSR count). The number of carboxylic acids is 1. The van der Waals surface area contributed by atoms with Crippen LogP contribution >= 0.6 is 0 Å². The molecule has 2 unspecified atom stereocenters. The van der Waals surface area contributed by atoms with Crippen molar-refractivity contribution in [3.63, 3.8) is 0 Å². The predicted octanol–water partition coefficient (Wildman–Crippen LogP) is 1.17. The van der Waals surface area contributed by atoms with Crippen LogP contribution in [0.3, 0.4) is 0 Å². The number of hydrogen-bond acceptors (Lipinski definition) is 4. The molecule has 0 bridgehead atoms. The summed E-state index contributed by atoms with van der Waals surface area (Å²) in [6.07, 6.45) is -4.82. The minimum Gasteiger partial charge on any atom is -0.480 e. The summed E-state index contributed by atoms with van der Waals surface area (Å²) >= 11 is 0. The van der Waals surface area contributed by atoms with Crippen LogP contribution in [0.4, 0.5) is 13.2 Å². The lowest BCUT2D eigenvalue weighted by Crippen LogP contribution is -2.45. The summed E-state index contributed by atoms with van der Waals surface area (Å²) in [6.45, 7) is -1.02. The molecule has 6 nitrogen and oxygen atoms in total. The summed E-state index contributed by atoms with van der Waals surface area (Å²) in [5.41, 5.74) is -2.21. The molecule has 0 spiro atoms. The average molecular weight is 314 g/mol. The number of aliphatic hydroxyl groups excluding tert-OH is 1. The van der Waals surface area contributed by atoms with Crippen LogP contribution in [-0.2, 0) is 11.0 Å². The summed E-state index contributed by atoms with van der Waals surface area (Å²) < 4.78 is 39.0. The van der Waals surface area contributed by atoms with Gasteiger partial charge in [-0.2, -0.15) is 18.4 Å². The third-order valence-electron chi connectivity index (χ3n) is 3.34. The van der Waals surface area contributed by atoms with Crippen molar-refractivity contribution in [1.82, 2.24) is 4.90 Å². The number of benzene rings is 1. The first kappa shape index (κ1) is 15.8. The molecule has 1 aromatic carbocycles. The molecular weight excluding hydrogens is 305 g/mol. The van der Waals surface area contributed by atoms with Gasteiger partial charge in [-0.15, -0.1) is 0 Å². The number of fused-ring (bicyclic) bond motifs is 1. The largest absolute Gasteiger partial charge is 0.480 e. The highest BCUT2D eigenvalue weighted by atomic mass is 19.4. The second kappa shape index (κ2) is 5.31. The molecule has 2 N–H and O–H groups in total. The van der Waals surface area contributed by atoms with Crippen LogP contribution in [0.1, 0.15) is 27.5 Å². The summed E-state index contributed by atoms with van der Waals surface area (Å²) in [4.78, 5) is 23.8. The fourth-order valence-corrected chi connectivity index (χ4v) is 2.41. The zero-order valence-electron chi connectivity index (χ0n) is 10.8. The number of carbonyl (C=O) groups is 2. The van der Waals surface area contributed by atoms with Crippen molar-refractivity contribution >= 4 is 11.9 Å². The molecule has 1 heterocycles. The van der Waals surface area contributed by atoms with Gasteiger partial charge in [0.2, 0.25) is 0 Å². The standard InChI is InChI=1S/C13H9F3N2O4/c14-13(15,16)7-3-1-2-6-8(4-17)18(11(20)10(6)7)9(5-19)12(21)22/h1-3,8-9,19H,5H2,(H,21,22). The van der Waals surface area contributed by atoms with Crippen molar-refractivity contribution in [2.75, 3.05) is 6.61 Å². The highest BCUT2D eigenvalue weighted by Gasteiger charge is 2.48. The van der Waals surface area contributed by atoms with Crippen molar-refractivity contribution in [2.24, 2.45) is 0 Å². The minimum atomic E-state index is -4.82. The van der Waals surface area contributed by atoms with E-state index in [9.17, 15) is 22.8 Å². The van der Waals surface area contributed by atoms with Gasteiger partial charge >= 0.3 is 12.1 Å². The number of rotatable bonds is 3. The number of nitrogens with zero attached hydrogens (tertiary/aromatic N) is 2. The molecule has 9 heteroatoms. The number of carboxylic acid groups (broad SMARTS) is 1. The molecule has 22 heavy (non-hydrogen) atoms. The van der Waals surface area contributed by atoms with Gasteiger partial charge in [0.05, 0.1) is 23.8 Å². The molecule has 0 aliphatic carbocycles. The lowest BCUT2D eigenvalue weighted by atomic mass is 9.99. The number of carbonyl (C=O) groups excluding carboxylic acids is 1.